The van der Waals surface area contributed by atoms with E-state index in [-0.39, 0.29) is 5.91 Å². The number of hydrogen-bond acceptors (Lipinski definition) is 4. The third kappa shape index (κ3) is 2.81. The van der Waals surface area contributed by atoms with Gasteiger partial charge in [-0.2, -0.15) is 5.10 Å². The van der Waals surface area contributed by atoms with Gasteiger partial charge in [-0.05, 0) is 57.4 Å². The van der Waals surface area contributed by atoms with Crippen molar-refractivity contribution in [2.75, 3.05) is 6.54 Å². The fourth-order valence-corrected chi connectivity index (χ4v) is 3.83. The summed E-state index contributed by atoms with van der Waals surface area (Å²) < 4.78 is 0. The van der Waals surface area contributed by atoms with Crippen LogP contribution in [0.2, 0.25) is 0 Å². The van der Waals surface area contributed by atoms with Crippen molar-refractivity contribution < 1.29 is 4.79 Å². The van der Waals surface area contributed by atoms with Gasteiger partial charge in [-0.3, -0.25) is 9.89 Å². The summed E-state index contributed by atoms with van der Waals surface area (Å²) in [5.74, 6) is 0.741. The summed E-state index contributed by atoms with van der Waals surface area (Å²) in [6.07, 6.45) is 8.31. The molecule has 0 unspecified atom stereocenters. The average molecular weight is 325 g/mol. The Bertz CT molecular complexity index is 780. The van der Waals surface area contributed by atoms with Crippen molar-refractivity contribution in [1.82, 2.24) is 25.5 Å². The molecule has 126 valence electrons. The van der Waals surface area contributed by atoms with E-state index < -0.39 is 0 Å². The number of carbonyl (C=O) groups excluding carboxylic acids is 1. The second-order valence-corrected chi connectivity index (χ2v) is 6.75. The van der Waals surface area contributed by atoms with Gasteiger partial charge in [0.25, 0.3) is 5.91 Å². The molecule has 6 nitrogen and oxygen atoms in total. The van der Waals surface area contributed by atoms with Crippen LogP contribution in [-0.2, 0) is 32.1 Å². The van der Waals surface area contributed by atoms with Gasteiger partial charge in [-0.15, -0.1) is 0 Å². The van der Waals surface area contributed by atoms with Crippen LogP contribution in [0.25, 0.3) is 0 Å². The molecule has 0 radical (unpaired) electrons. The van der Waals surface area contributed by atoms with Crippen LogP contribution < -0.4 is 5.32 Å². The molecule has 24 heavy (non-hydrogen) atoms. The second-order valence-electron chi connectivity index (χ2n) is 6.75. The van der Waals surface area contributed by atoms with Gasteiger partial charge in [0, 0.05) is 35.6 Å². The summed E-state index contributed by atoms with van der Waals surface area (Å²) in [6.45, 7) is 2.61. The topological polar surface area (TPSA) is 83.6 Å². The first-order valence-electron chi connectivity index (χ1n) is 8.92. The molecule has 2 N–H and O–H groups in total. The Morgan fingerprint density at radius 1 is 1.08 bits per heavy atom. The molecule has 0 fully saturated rings. The van der Waals surface area contributed by atoms with Gasteiger partial charge >= 0.3 is 0 Å². The van der Waals surface area contributed by atoms with Gasteiger partial charge in [-0.25, -0.2) is 9.97 Å². The van der Waals surface area contributed by atoms with E-state index in [1.807, 2.05) is 0 Å². The molecule has 0 bridgehead atoms. The number of carbonyl (C=O) groups is 1. The highest BCUT2D eigenvalue weighted by atomic mass is 16.1. The monoisotopic (exact) mass is 325 g/mol. The number of aryl methyl sites for hydroxylation is 3. The summed E-state index contributed by atoms with van der Waals surface area (Å²) in [5.41, 5.74) is 6.42. The molecule has 0 aliphatic heterocycles. The van der Waals surface area contributed by atoms with Crippen LogP contribution in [0.15, 0.2) is 0 Å². The summed E-state index contributed by atoms with van der Waals surface area (Å²) in [5, 5.41) is 10.1. The van der Waals surface area contributed by atoms with Gasteiger partial charge in [0.05, 0.1) is 0 Å². The van der Waals surface area contributed by atoms with Crippen molar-refractivity contribution in [2.45, 2.75) is 58.3 Å². The smallest absolute Gasteiger partial charge is 0.272 e. The maximum Gasteiger partial charge on any atom is 0.272 e. The molecule has 2 aliphatic carbocycles. The Hall–Kier alpha value is -2.24. The lowest BCUT2D eigenvalue weighted by Gasteiger charge is -2.17. The highest BCUT2D eigenvalue weighted by Gasteiger charge is 2.22. The highest BCUT2D eigenvalue weighted by Crippen LogP contribution is 2.23. The predicted molar refractivity (Wildman–Crippen MR) is 90.1 cm³/mol. The maximum absolute atomic E-state index is 12.3. The summed E-state index contributed by atoms with van der Waals surface area (Å²) in [7, 11) is 0. The summed E-state index contributed by atoms with van der Waals surface area (Å²) in [4.78, 5) is 21.6. The van der Waals surface area contributed by atoms with E-state index >= 15 is 0 Å². The van der Waals surface area contributed by atoms with Crippen LogP contribution in [0, 0.1) is 6.92 Å². The molecular formula is C18H23N5O. The Balaban J connectivity index is 1.39. The third-order valence-electron chi connectivity index (χ3n) is 5.09. The zero-order valence-corrected chi connectivity index (χ0v) is 14.1. The number of hydrogen-bond donors (Lipinski definition) is 2. The molecule has 4 rings (SSSR count). The molecule has 0 saturated heterocycles. The number of amides is 1. The van der Waals surface area contributed by atoms with Crippen LogP contribution in [0.5, 0.6) is 0 Å². The lowest BCUT2D eigenvalue weighted by Crippen LogP contribution is -2.27. The second kappa shape index (κ2) is 6.34. The molecule has 1 amide bonds. The highest BCUT2D eigenvalue weighted by molar-refractivity contribution is 5.94. The Morgan fingerprint density at radius 3 is 2.83 bits per heavy atom. The fraction of sp³-hybridized carbons (Fsp3) is 0.556. The van der Waals surface area contributed by atoms with Gasteiger partial charge in [0.15, 0.2) is 5.69 Å². The van der Waals surface area contributed by atoms with E-state index in [9.17, 15) is 4.79 Å². The minimum atomic E-state index is -0.0934. The zero-order chi connectivity index (χ0) is 16.5. The lowest BCUT2D eigenvalue weighted by molar-refractivity contribution is 0.0948. The first-order valence-corrected chi connectivity index (χ1v) is 8.92. The molecular weight excluding hydrogens is 302 g/mol. The van der Waals surface area contributed by atoms with E-state index in [1.165, 1.54) is 24.1 Å². The molecule has 0 spiro atoms. The van der Waals surface area contributed by atoms with Crippen molar-refractivity contribution in [3.8, 4) is 0 Å². The maximum atomic E-state index is 12.3. The number of nitrogens with one attached hydrogen (secondary N) is 2. The van der Waals surface area contributed by atoms with Gasteiger partial charge in [0.1, 0.15) is 5.82 Å². The molecule has 0 saturated carbocycles. The lowest BCUT2D eigenvalue weighted by atomic mass is 9.95. The number of nitrogens with zero attached hydrogens (tertiary/aromatic N) is 3. The van der Waals surface area contributed by atoms with E-state index in [0.717, 1.165) is 54.9 Å². The molecule has 0 atom stereocenters. The third-order valence-corrected chi connectivity index (χ3v) is 5.09. The van der Waals surface area contributed by atoms with Crippen LogP contribution in [0.4, 0.5) is 0 Å². The van der Waals surface area contributed by atoms with Gasteiger partial charge < -0.3 is 5.32 Å². The molecule has 2 aliphatic rings. The summed E-state index contributed by atoms with van der Waals surface area (Å²) >= 11 is 0. The minimum Gasteiger partial charge on any atom is -0.350 e. The number of rotatable bonds is 4. The van der Waals surface area contributed by atoms with Crippen molar-refractivity contribution in [1.29, 1.82) is 0 Å². The first-order chi connectivity index (χ1) is 11.7. The molecule has 2 aromatic rings. The number of aromatic nitrogens is 4. The van der Waals surface area contributed by atoms with E-state index in [0.29, 0.717) is 18.7 Å². The van der Waals surface area contributed by atoms with Gasteiger partial charge in [0.2, 0.25) is 0 Å². The quantitative estimate of drug-likeness (QED) is 0.898. The minimum absolute atomic E-state index is 0.0934. The zero-order valence-electron chi connectivity index (χ0n) is 14.1. The fourth-order valence-electron chi connectivity index (χ4n) is 3.83. The van der Waals surface area contributed by atoms with E-state index in [2.05, 4.69) is 27.4 Å². The average Bonchev–Trinajstić information content (AvgIpc) is 3.18. The molecule has 6 heteroatoms. The number of H-pyrrole nitrogens is 1. The normalized spacial score (nSPS) is 15.9. The largest absolute Gasteiger partial charge is 0.350 e. The first kappa shape index (κ1) is 15.3. The van der Waals surface area contributed by atoms with Crippen LogP contribution >= 0.6 is 0 Å². The standard InChI is InChI=1S/C18H23N5O/c1-11-12-5-2-3-7-14(12)21-16(20-11)9-10-19-18(24)17-13-6-4-8-15(13)22-23-17/h2-10H2,1H3,(H,19,24)(H,22,23). The Kier molecular flexibility index (Phi) is 4.04. The van der Waals surface area contributed by atoms with E-state index in [4.69, 9.17) is 4.98 Å². The molecule has 2 aromatic heterocycles. The Labute approximate surface area is 141 Å². The van der Waals surface area contributed by atoms with Crippen molar-refractivity contribution in [2.24, 2.45) is 0 Å². The summed E-state index contributed by atoms with van der Waals surface area (Å²) in [6, 6.07) is 0. The number of aromatic amines is 1. The molecule has 0 aromatic carbocycles. The van der Waals surface area contributed by atoms with Crippen LogP contribution in [0.1, 0.15) is 63.8 Å². The van der Waals surface area contributed by atoms with E-state index in [1.54, 1.807) is 0 Å². The van der Waals surface area contributed by atoms with Crippen molar-refractivity contribution >= 4 is 5.91 Å². The van der Waals surface area contributed by atoms with Gasteiger partial charge in [-0.1, -0.05) is 0 Å². The predicted octanol–water partition coefficient (Wildman–Crippen LogP) is 1.85. The Morgan fingerprint density at radius 2 is 1.92 bits per heavy atom. The number of fused-ring (bicyclic) bond motifs is 2. The van der Waals surface area contributed by atoms with Crippen LogP contribution in [-0.4, -0.2) is 32.6 Å². The van der Waals surface area contributed by atoms with Crippen LogP contribution in [0.3, 0.4) is 0 Å². The van der Waals surface area contributed by atoms with Crippen molar-refractivity contribution in [3.05, 3.63) is 39.7 Å². The molecule has 2 heterocycles. The SMILES string of the molecule is Cc1nc(CCNC(=O)c2n[nH]c3c2CCC3)nc2c1CCCC2. The van der Waals surface area contributed by atoms with Crippen molar-refractivity contribution in [3.63, 3.8) is 0 Å².